The van der Waals surface area contributed by atoms with Crippen molar-refractivity contribution in [3.8, 4) is 0 Å². The Morgan fingerprint density at radius 3 is 2.10 bits per heavy atom. The Bertz CT molecular complexity index is 484. The number of carboxylic acid groups (broad SMARTS) is 1. The summed E-state index contributed by atoms with van der Waals surface area (Å²) in [6.07, 6.45) is 1.07. The highest BCUT2D eigenvalue weighted by Gasteiger charge is 2.30. The van der Waals surface area contributed by atoms with Crippen LogP contribution in [0.25, 0.3) is 0 Å². The van der Waals surface area contributed by atoms with Gasteiger partial charge in [0.2, 0.25) is 0 Å². The summed E-state index contributed by atoms with van der Waals surface area (Å²) in [6, 6.07) is -0.137. The Morgan fingerprint density at radius 1 is 1.05 bits per heavy atom. The topological polar surface area (TPSA) is 104 Å². The predicted octanol–water partition coefficient (Wildman–Crippen LogP) is -0.598. The largest absolute Gasteiger partial charge is 0.480 e. The van der Waals surface area contributed by atoms with Crippen LogP contribution in [0, 0.1) is 0 Å². The first-order chi connectivity index (χ1) is 9.87. The normalized spacial score (nSPS) is 23.0. The Kier molecular flexibility index (Phi) is 5.04. The Labute approximate surface area is 123 Å². The zero-order valence-corrected chi connectivity index (χ0v) is 12.5. The monoisotopic (exact) mass is 320 g/mol. The van der Waals surface area contributed by atoms with Gasteiger partial charge in [0.25, 0.3) is 0 Å². The minimum atomic E-state index is -2.99. The molecule has 2 heterocycles. The second kappa shape index (κ2) is 6.61. The van der Waals surface area contributed by atoms with Crippen molar-refractivity contribution < 1.29 is 27.9 Å². The minimum absolute atomic E-state index is 0.0247. The molecule has 2 fully saturated rings. The van der Waals surface area contributed by atoms with Gasteiger partial charge in [0.15, 0.2) is 9.84 Å². The molecule has 2 aliphatic rings. The van der Waals surface area contributed by atoms with Crippen molar-refractivity contribution in [3.63, 3.8) is 0 Å². The van der Waals surface area contributed by atoms with E-state index in [-0.39, 0.29) is 43.3 Å². The van der Waals surface area contributed by atoms with E-state index in [4.69, 9.17) is 9.84 Å². The Balaban J connectivity index is 1.77. The fraction of sp³-hybridized carbons (Fsp3) is 0.833. The molecule has 0 aromatic carbocycles. The van der Waals surface area contributed by atoms with E-state index in [2.05, 4.69) is 0 Å². The van der Waals surface area contributed by atoms with Crippen LogP contribution in [0.5, 0.6) is 0 Å². The van der Waals surface area contributed by atoms with Crippen molar-refractivity contribution in [2.75, 3.05) is 44.3 Å². The molecule has 0 saturated carbocycles. The predicted molar refractivity (Wildman–Crippen MR) is 73.8 cm³/mol. The number of urea groups is 1. The second-order valence-electron chi connectivity index (χ2n) is 5.31. The molecule has 0 bridgehead atoms. The smallest absolute Gasteiger partial charge is 0.329 e. The average Bonchev–Trinajstić information content (AvgIpc) is 2.45. The van der Waals surface area contributed by atoms with Crippen molar-refractivity contribution in [3.05, 3.63) is 0 Å². The van der Waals surface area contributed by atoms with Gasteiger partial charge in [-0.25, -0.2) is 18.0 Å². The lowest BCUT2D eigenvalue weighted by molar-refractivity contribution is -0.145. The summed E-state index contributed by atoms with van der Waals surface area (Å²) in [4.78, 5) is 25.9. The molecule has 0 unspecified atom stereocenters. The number of carboxylic acids is 1. The maximum Gasteiger partial charge on any atom is 0.329 e. The van der Waals surface area contributed by atoms with Crippen LogP contribution < -0.4 is 0 Å². The van der Waals surface area contributed by atoms with E-state index in [0.29, 0.717) is 25.9 Å². The molecule has 2 saturated heterocycles. The maximum atomic E-state index is 12.3. The standard InChI is InChI=1S/C12H20N2O6S/c15-11(16)9-20-10-1-3-13(4-2-10)12(17)14-5-7-21(18,19)8-6-14/h10H,1-9H2,(H,15,16). The fourth-order valence-corrected chi connectivity index (χ4v) is 3.71. The van der Waals surface area contributed by atoms with E-state index < -0.39 is 15.8 Å². The Hall–Kier alpha value is -1.35. The molecule has 0 aliphatic carbocycles. The van der Waals surface area contributed by atoms with Crippen LogP contribution in [0.2, 0.25) is 0 Å². The second-order valence-corrected chi connectivity index (χ2v) is 7.62. The number of rotatable bonds is 3. The van der Waals surface area contributed by atoms with Gasteiger partial charge in [0.05, 0.1) is 17.6 Å². The van der Waals surface area contributed by atoms with Gasteiger partial charge in [-0.2, -0.15) is 0 Å². The van der Waals surface area contributed by atoms with E-state index in [1.165, 1.54) is 0 Å². The van der Waals surface area contributed by atoms with Crippen LogP contribution in [0.15, 0.2) is 0 Å². The molecule has 2 amide bonds. The third kappa shape index (κ3) is 4.57. The third-order valence-corrected chi connectivity index (χ3v) is 5.38. The highest BCUT2D eigenvalue weighted by Crippen LogP contribution is 2.16. The van der Waals surface area contributed by atoms with E-state index in [1.54, 1.807) is 9.80 Å². The lowest BCUT2D eigenvalue weighted by atomic mass is 10.1. The zero-order valence-electron chi connectivity index (χ0n) is 11.7. The third-order valence-electron chi connectivity index (χ3n) is 3.77. The molecule has 2 aliphatic heterocycles. The summed E-state index contributed by atoms with van der Waals surface area (Å²) in [5.74, 6) is -0.948. The first-order valence-electron chi connectivity index (χ1n) is 6.95. The van der Waals surface area contributed by atoms with Gasteiger partial charge in [-0.15, -0.1) is 0 Å². The molecule has 2 rings (SSSR count). The number of piperidine rings is 1. The van der Waals surface area contributed by atoms with Gasteiger partial charge in [0, 0.05) is 26.2 Å². The maximum absolute atomic E-state index is 12.3. The highest BCUT2D eigenvalue weighted by molar-refractivity contribution is 7.91. The average molecular weight is 320 g/mol. The van der Waals surface area contributed by atoms with Crippen LogP contribution in [0.3, 0.4) is 0 Å². The van der Waals surface area contributed by atoms with E-state index >= 15 is 0 Å². The first kappa shape index (κ1) is 16.0. The van der Waals surface area contributed by atoms with Gasteiger partial charge in [-0.3, -0.25) is 0 Å². The molecule has 9 heteroatoms. The number of ether oxygens (including phenoxy) is 1. The number of sulfone groups is 1. The zero-order chi connectivity index (χ0) is 15.5. The van der Waals surface area contributed by atoms with Gasteiger partial charge < -0.3 is 19.6 Å². The van der Waals surface area contributed by atoms with Crippen LogP contribution in [-0.4, -0.2) is 85.7 Å². The number of carbonyl (C=O) groups excluding carboxylic acids is 1. The quantitative estimate of drug-likeness (QED) is 0.745. The molecular weight excluding hydrogens is 300 g/mol. The van der Waals surface area contributed by atoms with Crippen molar-refractivity contribution in [1.82, 2.24) is 9.80 Å². The molecule has 0 spiro atoms. The van der Waals surface area contributed by atoms with Gasteiger partial charge in [0.1, 0.15) is 6.61 Å². The van der Waals surface area contributed by atoms with Gasteiger partial charge in [-0.1, -0.05) is 0 Å². The molecular formula is C12H20N2O6S. The van der Waals surface area contributed by atoms with Crippen molar-refractivity contribution in [2.45, 2.75) is 18.9 Å². The molecule has 8 nitrogen and oxygen atoms in total. The summed E-state index contributed by atoms with van der Waals surface area (Å²) in [5, 5.41) is 8.55. The number of hydrogen-bond donors (Lipinski definition) is 1. The molecule has 0 atom stereocenters. The number of carbonyl (C=O) groups is 2. The summed E-state index contributed by atoms with van der Waals surface area (Å²) in [6.45, 7) is 1.19. The van der Waals surface area contributed by atoms with Crippen LogP contribution in [0.4, 0.5) is 4.79 Å². The summed E-state index contributed by atoms with van der Waals surface area (Å²) >= 11 is 0. The number of amides is 2. The molecule has 0 aromatic rings. The highest BCUT2D eigenvalue weighted by atomic mass is 32.2. The first-order valence-corrected chi connectivity index (χ1v) is 8.77. The number of aliphatic carboxylic acids is 1. The van der Waals surface area contributed by atoms with E-state index in [1.807, 2.05) is 0 Å². The van der Waals surface area contributed by atoms with Gasteiger partial charge in [-0.05, 0) is 12.8 Å². The van der Waals surface area contributed by atoms with Crippen molar-refractivity contribution in [2.24, 2.45) is 0 Å². The molecule has 0 aromatic heterocycles. The van der Waals surface area contributed by atoms with Gasteiger partial charge >= 0.3 is 12.0 Å². The molecule has 21 heavy (non-hydrogen) atoms. The SMILES string of the molecule is O=C(O)COC1CCN(C(=O)N2CCS(=O)(=O)CC2)CC1. The lowest BCUT2D eigenvalue weighted by Gasteiger charge is -2.36. The van der Waals surface area contributed by atoms with Crippen LogP contribution >= 0.6 is 0 Å². The molecule has 1 N–H and O–H groups in total. The molecule has 120 valence electrons. The fourth-order valence-electron chi connectivity index (χ4n) is 2.51. The van der Waals surface area contributed by atoms with Crippen molar-refractivity contribution >= 4 is 21.8 Å². The number of nitrogens with zero attached hydrogens (tertiary/aromatic N) is 2. The number of likely N-dealkylation sites (tertiary alicyclic amines) is 1. The van der Waals surface area contributed by atoms with Crippen molar-refractivity contribution in [1.29, 1.82) is 0 Å². The summed E-state index contributed by atoms with van der Waals surface area (Å²) in [7, 11) is -2.99. The van der Waals surface area contributed by atoms with Crippen LogP contribution in [0.1, 0.15) is 12.8 Å². The molecule has 0 radical (unpaired) electrons. The summed E-state index contributed by atoms with van der Waals surface area (Å²) < 4.78 is 27.9. The van der Waals surface area contributed by atoms with Crippen LogP contribution in [-0.2, 0) is 19.4 Å². The Morgan fingerprint density at radius 2 is 1.57 bits per heavy atom. The summed E-state index contributed by atoms with van der Waals surface area (Å²) in [5.41, 5.74) is 0. The number of hydrogen-bond acceptors (Lipinski definition) is 5. The minimum Gasteiger partial charge on any atom is -0.480 e. The van der Waals surface area contributed by atoms with E-state index in [0.717, 1.165) is 0 Å². The lowest BCUT2D eigenvalue weighted by Crippen LogP contribution is -2.52. The van der Waals surface area contributed by atoms with E-state index in [9.17, 15) is 18.0 Å².